The number of benzene rings is 2. The van der Waals surface area contributed by atoms with Crippen LogP contribution < -0.4 is 91.6 Å². The number of carboxylic acid groups (broad SMARTS) is 3. The number of phenols is 1. The lowest BCUT2D eigenvalue weighted by Gasteiger charge is -2.31. The highest BCUT2D eigenvalue weighted by Crippen LogP contribution is 2.22. The smallest absolute Gasteiger partial charge is 0.326 e. The number of thioether (sulfide) groups is 1. The Morgan fingerprint density at radius 3 is 1.85 bits per heavy atom. The molecular formula is C70H97N19O27S. The van der Waals surface area contributed by atoms with Gasteiger partial charge in [0.2, 0.25) is 88.6 Å². The van der Waals surface area contributed by atoms with E-state index in [1.54, 1.807) is 24.5 Å². The minimum absolute atomic E-state index is 0.0200. The number of carbonyl (C=O) groups is 20. The lowest BCUT2D eigenvalue weighted by molar-refractivity contribution is -0.154. The second-order valence-electron chi connectivity index (χ2n) is 27.2. The summed E-state index contributed by atoms with van der Waals surface area (Å²) < 4.78 is 11.0. The molecule has 3 aliphatic rings. The lowest BCUT2D eigenvalue weighted by atomic mass is 10.0. The number of fused-ring (bicyclic) bond motifs is 4. The number of guanidine groups is 1. The molecular weight excluding hydrogens is 1570 g/mol. The van der Waals surface area contributed by atoms with Gasteiger partial charge in [-0.3, -0.25) is 96.5 Å². The molecule has 15 atom stereocenters. The lowest BCUT2D eigenvalue weighted by Crippen LogP contribution is -2.62. The van der Waals surface area contributed by atoms with Crippen molar-refractivity contribution in [2.75, 3.05) is 44.9 Å². The molecule has 117 heavy (non-hydrogen) atoms. The number of rotatable bonds is 32. The predicted octanol–water partition coefficient (Wildman–Crippen LogP) is -9.96. The van der Waals surface area contributed by atoms with Gasteiger partial charge in [-0.1, -0.05) is 42.5 Å². The van der Waals surface area contributed by atoms with Gasteiger partial charge >= 0.3 is 29.8 Å². The first-order valence-electron chi connectivity index (χ1n) is 36.5. The van der Waals surface area contributed by atoms with Gasteiger partial charge in [-0.05, 0) is 87.6 Å². The largest absolute Gasteiger partial charge is 0.508 e. The molecule has 3 aliphatic heterocycles. The van der Waals surface area contributed by atoms with Gasteiger partial charge < -0.3 is 132 Å². The Morgan fingerprint density at radius 2 is 1.24 bits per heavy atom. The van der Waals surface area contributed by atoms with Gasteiger partial charge in [0, 0.05) is 32.4 Å². The monoisotopic (exact) mass is 1670 g/mol. The van der Waals surface area contributed by atoms with E-state index >= 15 is 4.79 Å². The van der Waals surface area contributed by atoms with Crippen LogP contribution in [0, 0.1) is 5.41 Å². The molecule has 3 fully saturated rings. The average Bonchev–Trinajstić information content (AvgIpc) is 1.70. The summed E-state index contributed by atoms with van der Waals surface area (Å²) in [6.45, 7) is -1.77. The van der Waals surface area contributed by atoms with Crippen LogP contribution in [0.3, 0.4) is 0 Å². The van der Waals surface area contributed by atoms with Crippen molar-refractivity contribution in [3.63, 3.8) is 0 Å². The molecule has 0 saturated carbocycles. The second-order valence-corrected chi connectivity index (χ2v) is 28.2. The molecule has 15 amide bonds. The third-order valence-corrected chi connectivity index (χ3v) is 18.7. The summed E-state index contributed by atoms with van der Waals surface area (Å²) in [5.74, 6) is -27.6. The molecule has 46 nitrogen and oxygen atoms in total. The molecule has 3 heterocycles. The van der Waals surface area contributed by atoms with Gasteiger partial charge in [0.05, 0.1) is 44.9 Å². The van der Waals surface area contributed by atoms with E-state index in [9.17, 15) is 117 Å². The highest BCUT2D eigenvalue weighted by molar-refractivity contribution is 7.98. The summed E-state index contributed by atoms with van der Waals surface area (Å²) in [5.41, 5.74) is 17.3. The van der Waals surface area contributed by atoms with Crippen molar-refractivity contribution in [1.29, 1.82) is 5.41 Å². The Balaban J connectivity index is 1.55. The summed E-state index contributed by atoms with van der Waals surface area (Å²) in [7, 11) is 0. The predicted molar refractivity (Wildman–Crippen MR) is 402 cm³/mol. The molecule has 0 radical (unpaired) electrons. The third-order valence-electron chi connectivity index (χ3n) is 18.0. The van der Waals surface area contributed by atoms with Crippen LogP contribution >= 0.6 is 11.8 Å². The number of primary amides is 1. The molecule has 640 valence electrons. The molecule has 0 aromatic heterocycles. The number of esters is 2. The van der Waals surface area contributed by atoms with E-state index in [-0.39, 0.29) is 69.5 Å². The number of aliphatic carboxylic acids is 3. The number of hydrogen-bond donors (Lipinski definition) is 23. The SMILES string of the molecule is CSCCC1NC(=O)C(NC(=O)C(C)N)C(C)OC(=O)CC2NC(=O)C(COC(=O)CC(C(=O)NC(CCC(=O)O)C(=O)NC(CC(=O)O)C(=O)NCC(=O)NC(Cc3ccccc3)C(=O)NC(CC(N)=O)C(=O)O)NC(=O)C(CO)NC2=O)NC(=O)C2CCCN2C(=O)C(Cc2ccc(O)cc2)NC(=O)C(CCCNC(=N)N)NC1=O. The molecule has 15 unspecified atom stereocenters. The van der Waals surface area contributed by atoms with E-state index < -0.39 is 273 Å². The van der Waals surface area contributed by atoms with Gasteiger partial charge in [-0.15, -0.1) is 0 Å². The number of nitrogens with two attached hydrogens (primary N) is 3. The number of aliphatic hydroxyl groups is 1. The minimum Gasteiger partial charge on any atom is -0.508 e. The number of nitrogens with one attached hydrogen (secondary N) is 15. The normalized spacial score (nSPS) is 22.7. The highest BCUT2D eigenvalue weighted by atomic mass is 32.2. The second kappa shape index (κ2) is 46.5. The zero-order valence-electron chi connectivity index (χ0n) is 63.6. The molecule has 26 N–H and O–H groups in total. The van der Waals surface area contributed by atoms with Crippen LogP contribution in [-0.2, 0) is 118 Å². The number of amides is 15. The summed E-state index contributed by atoms with van der Waals surface area (Å²) >= 11 is 1.22. The number of phenolic OH excluding ortho intramolecular Hbond substituents is 1. The van der Waals surface area contributed by atoms with Crippen LogP contribution in [-0.4, -0.2) is 290 Å². The van der Waals surface area contributed by atoms with Crippen molar-refractivity contribution in [1.82, 2.24) is 79.3 Å². The Bertz CT molecular complexity index is 4010. The van der Waals surface area contributed by atoms with Gasteiger partial charge in [-0.2, -0.15) is 11.8 Å². The number of aromatic hydroxyl groups is 1. The molecule has 2 bridgehead atoms. The first kappa shape index (κ1) is 94.8. The number of cyclic esters (lactones) is 2. The first-order chi connectivity index (χ1) is 55.3. The Hall–Kier alpha value is -12.8. The fraction of sp³-hybridized carbons (Fsp3) is 0.529. The van der Waals surface area contributed by atoms with Gasteiger partial charge in [0.25, 0.3) is 0 Å². The fourth-order valence-electron chi connectivity index (χ4n) is 11.9. The van der Waals surface area contributed by atoms with E-state index in [4.69, 9.17) is 32.1 Å². The Labute approximate surface area is 670 Å². The number of carbonyl (C=O) groups excluding carboxylic acids is 17. The molecule has 0 spiro atoms. The van der Waals surface area contributed by atoms with Crippen LogP contribution in [0.2, 0.25) is 0 Å². The summed E-state index contributed by atoms with van der Waals surface area (Å²) in [6, 6.07) is -13.5. The topological polar surface area (TPSA) is 735 Å². The van der Waals surface area contributed by atoms with Crippen molar-refractivity contribution in [2.24, 2.45) is 17.2 Å². The van der Waals surface area contributed by atoms with E-state index in [0.29, 0.717) is 11.1 Å². The summed E-state index contributed by atoms with van der Waals surface area (Å²) in [5, 5.41) is 89.5. The zero-order chi connectivity index (χ0) is 86.9. The van der Waals surface area contributed by atoms with Crippen LogP contribution in [0.5, 0.6) is 5.75 Å². The maximum Gasteiger partial charge on any atom is 0.326 e. The minimum atomic E-state index is -2.37. The standard InChI is InChI=1S/C70H97N19O27S/c1-32(71)56(100)88-55-33(2)116-54(99)28-43-63(107)86-46(30-90)64(108)82-42(62(106)79-38(17-18-51(94)95)59(103)81-41(26-52(96)97)57(101)76-29-50(93)77-40(23-34-9-5-4-6-10-34)61(105)85-45(69(113)114)25-49(72)92)27-53(98)115-31-47(65(109)83-43)87-66(110)48-12-8-21-89(48)68(112)44(24-35-13-15-36(91)16-14-35)84-58(102)37(11-7-20-75-70(73)74)78-60(104)39(19-22-117-3)80-67(55)111/h4-6,9-10,13-16,32-33,37-48,55,90-91H,7-8,11-12,17-31,71H2,1-3H3,(H2,72,92)(H,76,101)(H,77,93)(H,78,104)(H,79,106)(H,80,111)(H,81,103)(H,82,108)(H,83,109)(H,84,102)(H,85,105)(H,86,107)(H,87,110)(H,88,100)(H,94,95)(H,96,97)(H,113,114)(H4,73,74,75). The van der Waals surface area contributed by atoms with E-state index in [1.807, 2.05) is 10.6 Å². The van der Waals surface area contributed by atoms with Gasteiger partial charge in [-0.25, -0.2) is 4.79 Å². The van der Waals surface area contributed by atoms with E-state index in [0.717, 1.165) is 11.8 Å². The van der Waals surface area contributed by atoms with Crippen LogP contribution in [0.15, 0.2) is 54.6 Å². The Morgan fingerprint density at radius 1 is 0.632 bits per heavy atom. The number of hydrogen-bond acceptors (Lipinski definition) is 27. The molecule has 47 heteroatoms. The van der Waals surface area contributed by atoms with Crippen molar-refractivity contribution in [2.45, 2.75) is 188 Å². The average molecular weight is 1670 g/mol. The van der Waals surface area contributed by atoms with E-state index in [1.165, 1.54) is 55.1 Å². The third kappa shape index (κ3) is 31.5. The maximum absolute atomic E-state index is 15.1. The number of nitrogens with zero attached hydrogens (tertiary/aromatic N) is 1. The summed E-state index contributed by atoms with van der Waals surface area (Å²) in [4.78, 5) is 277. The molecule has 2 aromatic rings. The first-order valence-corrected chi connectivity index (χ1v) is 37.9. The number of ether oxygens (including phenoxy) is 2. The highest BCUT2D eigenvalue weighted by Gasteiger charge is 2.44. The van der Waals surface area contributed by atoms with Crippen molar-refractivity contribution < 1.29 is 131 Å². The van der Waals surface area contributed by atoms with Crippen molar-refractivity contribution in [3.8, 4) is 5.75 Å². The van der Waals surface area contributed by atoms with Crippen LogP contribution in [0.4, 0.5) is 0 Å². The molecule has 2 aromatic carbocycles. The van der Waals surface area contributed by atoms with Crippen LogP contribution in [0.25, 0.3) is 0 Å². The van der Waals surface area contributed by atoms with Gasteiger partial charge in [0.1, 0.15) is 97.0 Å². The summed E-state index contributed by atoms with van der Waals surface area (Å²) in [6.07, 6.45) is -8.09. The number of carboxylic acids is 3. The van der Waals surface area contributed by atoms with Crippen LogP contribution in [0.1, 0.15) is 95.6 Å². The Kier molecular flexibility index (Phi) is 37.7. The van der Waals surface area contributed by atoms with Gasteiger partial charge in [0.15, 0.2) is 5.96 Å². The molecule has 0 aliphatic carbocycles. The molecule has 5 rings (SSSR count). The van der Waals surface area contributed by atoms with E-state index in [2.05, 4.69) is 63.8 Å². The maximum atomic E-state index is 15.1. The number of aliphatic hydroxyl groups excluding tert-OH is 1. The van der Waals surface area contributed by atoms with Crippen molar-refractivity contribution >= 4 is 136 Å². The zero-order valence-corrected chi connectivity index (χ0v) is 64.4. The van der Waals surface area contributed by atoms with Crippen molar-refractivity contribution in [3.05, 3.63) is 65.7 Å². The quantitative estimate of drug-likeness (QED) is 0.0140. The molecule has 3 saturated heterocycles. The fourth-order valence-corrected chi connectivity index (χ4v) is 12.3.